The summed E-state index contributed by atoms with van der Waals surface area (Å²) < 4.78 is 11.7. The zero-order chi connectivity index (χ0) is 26.4. The second kappa shape index (κ2) is 11.8. The molecule has 0 saturated carbocycles. The van der Waals surface area contributed by atoms with E-state index in [0.29, 0.717) is 36.0 Å². The van der Waals surface area contributed by atoms with Crippen molar-refractivity contribution < 1.29 is 23.9 Å². The van der Waals surface area contributed by atoms with Gasteiger partial charge in [0.15, 0.2) is 11.5 Å². The molecule has 3 aromatic rings. The molecule has 0 atom stereocenters. The molecule has 1 saturated heterocycles. The number of carbonyl (C=O) groups excluding carboxylic acids is 3. The first-order chi connectivity index (χ1) is 17.8. The van der Waals surface area contributed by atoms with Crippen molar-refractivity contribution in [1.29, 1.82) is 0 Å². The number of thioether (sulfide) groups is 1. The Hall–Kier alpha value is -4.04. The average molecular weight is 517 g/mol. The molecule has 1 fully saturated rings. The van der Waals surface area contributed by atoms with Crippen LogP contribution in [0.4, 0.5) is 10.5 Å². The van der Waals surface area contributed by atoms with Gasteiger partial charge in [0.25, 0.3) is 11.1 Å². The van der Waals surface area contributed by atoms with E-state index in [-0.39, 0.29) is 11.4 Å². The zero-order valence-electron chi connectivity index (χ0n) is 20.9. The van der Waals surface area contributed by atoms with Crippen LogP contribution in [0.3, 0.4) is 0 Å². The SMILES string of the molecule is CCOc1cc(/C=C2/SC(=O)N(CC(=O)Nc3cc(C)ccc3C)C2=O)ccc1OCc1ccccc1. The third-order valence-electron chi connectivity index (χ3n) is 5.65. The summed E-state index contributed by atoms with van der Waals surface area (Å²) in [5.41, 5.74) is 4.27. The molecule has 0 spiro atoms. The van der Waals surface area contributed by atoms with Crippen LogP contribution in [0.1, 0.15) is 29.2 Å². The minimum atomic E-state index is -0.506. The first-order valence-electron chi connectivity index (χ1n) is 11.9. The molecular formula is C29H28N2O5S. The van der Waals surface area contributed by atoms with Crippen LogP contribution in [-0.2, 0) is 16.2 Å². The van der Waals surface area contributed by atoms with Crippen LogP contribution < -0.4 is 14.8 Å². The van der Waals surface area contributed by atoms with Crippen molar-refractivity contribution in [2.75, 3.05) is 18.5 Å². The molecule has 0 unspecified atom stereocenters. The van der Waals surface area contributed by atoms with E-state index in [9.17, 15) is 14.4 Å². The molecule has 0 bridgehead atoms. The fraction of sp³-hybridized carbons (Fsp3) is 0.207. The van der Waals surface area contributed by atoms with Crippen LogP contribution in [0.15, 0.2) is 71.6 Å². The van der Waals surface area contributed by atoms with E-state index >= 15 is 0 Å². The number of hydrogen-bond donors (Lipinski definition) is 1. The van der Waals surface area contributed by atoms with Gasteiger partial charge in [-0.1, -0.05) is 48.5 Å². The van der Waals surface area contributed by atoms with Crippen molar-refractivity contribution in [3.05, 3.63) is 93.9 Å². The maximum absolute atomic E-state index is 12.9. The molecule has 7 nitrogen and oxygen atoms in total. The highest BCUT2D eigenvalue weighted by molar-refractivity contribution is 8.18. The highest BCUT2D eigenvalue weighted by atomic mass is 32.2. The van der Waals surface area contributed by atoms with Crippen LogP contribution >= 0.6 is 11.8 Å². The summed E-state index contributed by atoms with van der Waals surface area (Å²) in [6, 6.07) is 20.9. The van der Waals surface area contributed by atoms with E-state index in [1.54, 1.807) is 24.3 Å². The Kier molecular flexibility index (Phi) is 8.30. The van der Waals surface area contributed by atoms with Crippen molar-refractivity contribution in [3.63, 3.8) is 0 Å². The Bertz CT molecular complexity index is 1350. The molecule has 4 rings (SSSR count). The first kappa shape index (κ1) is 26.0. The molecular weight excluding hydrogens is 488 g/mol. The van der Waals surface area contributed by atoms with E-state index in [0.717, 1.165) is 33.4 Å². The Morgan fingerprint density at radius 2 is 1.76 bits per heavy atom. The van der Waals surface area contributed by atoms with Gasteiger partial charge in [-0.15, -0.1) is 0 Å². The van der Waals surface area contributed by atoms with Crippen molar-refractivity contribution in [2.24, 2.45) is 0 Å². The Balaban J connectivity index is 1.45. The van der Waals surface area contributed by atoms with E-state index in [1.807, 2.05) is 69.3 Å². The normalized spacial score (nSPS) is 14.2. The lowest BCUT2D eigenvalue weighted by Gasteiger charge is -2.14. The van der Waals surface area contributed by atoms with Gasteiger partial charge >= 0.3 is 0 Å². The number of benzene rings is 3. The standard InChI is InChI=1S/C29H28N2O5S/c1-4-35-25-15-22(12-13-24(25)36-18-21-8-6-5-7-9-21)16-26-28(33)31(29(34)37-26)17-27(32)30-23-14-19(2)10-11-20(23)3/h5-16H,4,17-18H2,1-3H3,(H,30,32)/b26-16+. The predicted molar refractivity (Wildman–Crippen MR) is 146 cm³/mol. The molecule has 3 amide bonds. The second-order valence-electron chi connectivity index (χ2n) is 8.55. The van der Waals surface area contributed by atoms with Crippen LogP contribution in [0.2, 0.25) is 0 Å². The minimum absolute atomic E-state index is 0.241. The Morgan fingerprint density at radius 1 is 0.973 bits per heavy atom. The summed E-state index contributed by atoms with van der Waals surface area (Å²) in [7, 11) is 0. The van der Waals surface area contributed by atoms with Gasteiger partial charge in [-0.2, -0.15) is 0 Å². The number of nitrogens with one attached hydrogen (secondary N) is 1. The van der Waals surface area contributed by atoms with Crippen LogP contribution in [-0.4, -0.2) is 35.1 Å². The zero-order valence-corrected chi connectivity index (χ0v) is 21.8. The number of ether oxygens (including phenoxy) is 2. The number of anilines is 1. The van der Waals surface area contributed by atoms with Gasteiger partial charge in [0.1, 0.15) is 13.2 Å². The van der Waals surface area contributed by atoms with E-state index in [4.69, 9.17) is 9.47 Å². The summed E-state index contributed by atoms with van der Waals surface area (Å²) in [4.78, 5) is 39.3. The number of amides is 3. The molecule has 1 aliphatic rings. The lowest BCUT2D eigenvalue weighted by atomic mass is 10.1. The van der Waals surface area contributed by atoms with Crippen LogP contribution in [0.5, 0.6) is 11.5 Å². The summed E-state index contributed by atoms with van der Waals surface area (Å²) in [6.07, 6.45) is 1.62. The lowest BCUT2D eigenvalue weighted by molar-refractivity contribution is -0.127. The highest BCUT2D eigenvalue weighted by Gasteiger charge is 2.36. The van der Waals surface area contributed by atoms with E-state index in [1.165, 1.54) is 0 Å². The van der Waals surface area contributed by atoms with Gasteiger partial charge in [0.2, 0.25) is 5.91 Å². The van der Waals surface area contributed by atoms with Crippen molar-refractivity contribution >= 4 is 40.6 Å². The highest BCUT2D eigenvalue weighted by Crippen LogP contribution is 2.35. The molecule has 3 aromatic carbocycles. The molecule has 0 radical (unpaired) electrons. The van der Waals surface area contributed by atoms with Gasteiger partial charge in [0.05, 0.1) is 11.5 Å². The molecule has 1 aliphatic heterocycles. The topological polar surface area (TPSA) is 84.9 Å². The summed E-state index contributed by atoms with van der Waals surface area (Å²) in [5, 5.41) is 2.30. The van der Waals surface area contributed by atoms with Crippen molar-refractivity contribution in [1.82, 2.24) is 4.90 Å². The van der Waals surface area contributed by atoms with Gasteiger partial charge in [-0.05, 0) is 79.1 Å². The first-order valence-corrected chi connectivity index (χ1v) is 12.7. The fourth-order valence-electron chi connectivity index (χ4n) is 3.73. The van der Waals surface area contributed by atoms with Crippen LogP contribution in [0, 0.1) is 13.8 Å². The minimum Gasteiger partial charge on any atom is -0.490 e. The molecule has 0 aromatic heterocycles. The van der Waals surface area contributed by atoms with Crippen LogP contribution in [0.25, 0.3) is 6.08 Å². The lowest BCUT2D eigenvalue weighted by Crippen LogP contribution is -2.36. The van der Waals surface area contributed by atoms with Gasteiger partial charge < -0.3 is 14.8 Å². The number of carbonyl (C=O) groups is 3. The molecule has 1 heterocycles. The van der Waals surface area contributed by atoms with Crippen molar-refractivity contribution in [3.8, 4) is 11.5 Å². The second-order valence-corrected chi connectivity index (χ2v) is 9.54. The molecule has 1 N–H and O–H groups in total. The van der Waals surface area contributed by atoms with E-state index in [2.05, 4.69) is 5.32 Å². The monoisotopic (exact) mass is 516 g/mol. The number of imide groups is 1. The smallest absolute Gasteiger partial charge is 0.294 e. The Labute approximate surface area is 220 Å². The van der Waals surface area contributed by atoms with Gasteiger partial charge in [-0.25, -0.2) is 0 Å². The summed E-state index contributed by atoms with van der Waals surface area (Å²) in [5.74, 6) is 0.183. The number of aryl methyl sites for hydroxylation is 2. The average Bonchev–Trinajstić information content (AvgIpc) is 3.13. The fourth-order valence-corrected chi connectivity index (χ4v) is 4.57. The third-order valence-corrected chi connectivity index (χ3v) is 6.55. The summed E-state index contributed by atoms with van der Waals surface area (Å²) in [6.45, 7) is 6.16. The molecule has 37 heavy (non-hydrogen) atoms. The molecule has 8 heteroatoms. The summed E-state index contributed by atoms with van der Waals surface area (Å²) >= 11 is 0.808. The Morgan fingerprint density at radius 3 is 2.51 bits per heavy atom. The number of nitrogens with zero attached hydrogens (tertiary/aromatic N) is 1. The molecule has 190 valence electrons. The van der Waals surface area contributed by atoms with Gasteiger partial charge in [0, 0.05) is 5.69 Å². The number of hydrogen-bond acceptors (Lipinski definition) is 6. The number of rotatable bonds is 9. The predicted octanol–water partition coefficient (Wildman–Crippen LogP) is 5.96. The largest absolute Gasteiger partial charge is 0.490 e. The maximum atomic E-state index is 12.9. The maximum Gasteiger partial charge on any atom is 0.294 e. The van der Waals surface area contributed by atoms with Crippen molar-refractivity contribution in [2.45, 2.75) is 27.4 Å². The third kappa shape index (κ3) is 6.59. The quantitative estimate of drug-likeness (QED) is 0.354. The molecule has 0 aliphatic carbocycles. The van der Waals surface area contributed by atoms with Gasteiger partial charge in [-0.3, -0.25) is 19.3 Å². The van der Waals surface area contributed by atoms with E-state index < -0.39 is 17.1 Å².